The first-order valence-electron chi connectivity index (χ1n) is 10.6. The lowest BCUT2D eigenvalue weighted by Crippen LogP contribution is -3.14. The van der Waals surface area contributed by atoms with Crippen LogP contribution in [-0.4, -0.2) is 50.3 Å². The fraction of sp³-hybridized carbons (Fsp3) is 0.417. The number of rotatable bonds is 5. The topological polar surface area (TPSA) is 46.9 Å². The summed E-state index contributed by atoms with van der Waals surface area (Å²) >= 11 is 1.62. The third-order valence-corrected chi connectivity index (χ3v) is 7.12. The second kappa shape index (κ2) is 8.84. The van der Waals surface area contributed by atoms with Gasteiger partial charge in [0.15, 0.2) is 5.13 Å². The SMILES string of the molecule is Cc1ccc(C(=O)N(CC[NH+]2CCOCC2)c2nc3c(C)ccc(C)c3s2)c(C)c1. The number of ether oxygens (including phenoxy) is 1. The van der Waals surface area contributed by atoms with E-state index in [0.29, 0.717) is 6.54 Å². The molecule has 0 bridgehead atoms. The number of fused-ring (bicyclic) bond motifs is 1. The highest BCUT2D eigenvalue weighted by atomic mass is 32.1. The minimum atomic E-state index is 0.0366. The third-order valence-electron chi connectivity index (χ3n) is 5.91. The molecule has 0 radical (unpaired) electrons. The van der Waals surface area contributed by atoms with Crippen molar-refractivity contribution in [3.63, 3.8) is 0 Å². The van der Waals surface area contributed by atoms with Gasteiger partial charge in [-0.15, -0.1) is 0 Å². The number of nitrogens with zero attached hydrogens (tertiary/aromatic N) is 2. The molecule has 4 rings (SSSR count). The molecule has 2 heterocycles. The average molecular weight is 425 g/mol. The summed E-state index contributed by atoms with van der Waals surface area (Å²) in [6.07, 6.45) is 0. The van der Waals surface area contributed by atoms with E-state index < -0.39 is 0 Å². The Morgan fingerprint density at radius 3 is 2.50 bits per heavy atom. The Labute approximate surface area is 182 Å². The molecule has 5 nitrogen and oxygen atoms in total. The van der Waals surface area contributed by atoms with Crippen LogP contribution in [-0.2, 0) is 4.74 Å². The fourth-order valence-corrected chi connectivity index (χ4v) is 5.16. The molecule has 2 aromatic carbocycles. The maximum absolute atomic E-state index is 13.7. The van der Waals surface area contributed by atoms with Crippen LogP contribution >= 0.6 is 11.3 Å². The molecule has 0 spiro atoms. The normalized spacial score (nSPS) is 14.9. The van der Waals surface area contributed by atoms with Gasteiger partial charge in [-0.3, -0.25) is 9.69 Å². The van der Waals surface area contributed by atoms with E-state index in [9.17, 15) is 4.79 Å². The van der Waals surface area contributed by atoms with E-state index in [1.165, 1.54) is 20.7 Å². The first kappa shape index (κ1) is 21.0. The molecular formula is C24H30N3O2S+. The van der Waals surface area contributed by atoms with Gasteiger partial charge >= 0.3 is 0 Å². The number of aryl methyl sites for hydroxylation is 4. The van der Waals surface area contributed by atoms with Gasteiger partial charge in [-0.05, 0) is 50.5 Å². The summed E-state index contributed by atoms with van der Waals surface area (Å²) in [4.78, 5) is 21.9. The van der Waals surface area contributed by atoms with E-state index in [-0.39, 0.29) is 5.91 Å². The van der Waals surface area contributed by atoms with E-state index >= 15 is 0 Å². The fourth-order valence-electron chi connectivity index (χ4n) is 4.03. The Hall–Kier alpha value is -2.28. The van der Waals surface area contributed by atoms with Crippen molar-refractivity contribution in [1.29, 1.82) is 0 Å². The van der Waals surface area contributed by atoms with Gasteiger partial charge in [0.1, 0.15) is 13.1 Å². The second-order valence-electron chi connectivity index (χ2n) is 8.26. The maximum atomic E-state index is 13.7. The van der Waals surface area contributed by atoms with Gasteiger partial charge in [0.25, 0.3) is 5.91 Å². The number of amides is 1. The summed E-state index contributed by atoms with van der Waals surface area (Å²) in [5, 5.41) is 0.792. The van der Waals surface area contributed by atoms with Crippen LogP contribution in [0.2, 0.25) is 0 Å². The first-order valence-corrected chi connectivity index (χ1v) is 11.4. The maximum Gasteiger partial charge on any atom is 0.260 e. The minimum absolute atomic E-state index is 0.0366. The molecule has 0 unspecified atom stereocenters. The van der Waals surface area contributed by atoms with E-state index in [1.54, 1.807) is 11.3 Å². The van der Waals surface area contributed by atoms with E-state index in [1.807, 2.05) is 24.0 Å². The number of thiazole rings is 1. The molecule has 1 fully saturated rings. The number of anilines is 1. The van der Waals surface area contributed by atoms with Crippen molar-refractivity contribution in [3.8, 4) is 0 Å². The predicted octanol–water partition coefficient (Wildman–Crippen LogP) is 3.09. The highest BCUT2D eigenvalue weighted by Crippen LogP contribution is 2.33. The number of hydrogen-bond acceptors (Lipinski definition) is 4. The minimum Gasteiger partial charge on any atom is -0.370 e. The molecule has 3 aromatic rings. The van der Waals surface area contributed by atoms with Crippen LogP contribution in [0.1, 0.15) is 32.6 Å². The molecule has 0 aliphatic carbocycles. The van der Waals surface area contributed by atoms with Gasteiger partial charge in [0.05, 0.1) is 36.5 Å². The first-order chi connectivity index (χ1) is 14.4. The molecule has 1 aliphatic heterocycles. The molecule has 0 atom stereocenters. The van der Waals surface area contributed by atoms with Crippen LogP contribution < -0.4 is 9.80 Å². The number of hydrogen-bond donors (Lipinski definition) is 1. The highest BCUT2D eigenvalue weighted by molar-refractivity contribution is 7.22. The van der Waals surface area contributed by atoms with Crippen molar-refractivity contribution in [2.75, 3.05) is 44.3 Å². The number of carbonyl (C=O) groups excluding carboxylic acids is 1. The molecule has 30 heavy (non-hydrogen) atoms. The average Bonchev–Trinajstić information content (AvgIpc) is 3.18. The monoisotopic (exact) mass is 424 g/mol. The van der Waals surface area contributed by atoms with E-state index in [4.69, 9.17) is 9.72 Å². The molecule has 1 aliphatic rings. The molecule has 0 saturated carbocycles. The summed E-state index contributed by atoms with van der Waals surface area (Å²) in [7, 11) is 0. The Bertz CT molecular complexity index is 1030. The second-order valence-corrected chi connectivity index (χ2v) is 9.24. The Morgan fingerprint density at radius 2 is 1.80 bits per heavy atom. The van der Waals surface area contributed by atoms with Crippen molar-refractivity contribution < 1.29 is 14.4 Å². The number of aromatic nitrogens is 1. The zero-order valence-corrected chi connectivity index (χ0v) is 19.1. The van der Waals surface area contributed by atoms with Crippen molar-refractivity contribution in [2.45, 2.75) is 27.7 Å². The van der Waals surface area contributed by atoms with Gasteiger partial charge in [-0.1, -0.05) is 41.2 Å². The summed E-state index contributed by atoms with van der Waals surface area (Å²) in [5.41, 5.74) is 6.29. The summed E-state index contributed by atoms with van der Waals surface area (Å²) in [5.74, 6) is 0.0366. The van der Waals surface area contributed by atoms with Crippen LogP contribution in [0.4, 0.5) is 5.13 Å². The summed E-state index contributed by atoms with van der Waals surface area (Å²) in [6, 6.07) is 10.3. The van der Waals surface area contributed by atoms with Crippen LogP contribution in [0.25, 0.3) is 10.2 Å². The zero-order chi connectivity index (χ0) is 21.3. The molecule has 6 heteroatoms. The lowest BCUT2D eigenvalue weighted by Gasteiger charge is -2.27. The van der Waals surface area contributed by atoms with Crippen LogP contribution in [0, 0.1) is 27.7 Å². The van der Waals surface area contributed by atoms with Crippen molar-refractivity contribution in [3.05, 3.63) is 58.1 Å². The molecule has 1 saturated heterocycles. The van der Waals surface area contributed by atoms with Crippen LogP contribution in [0.5, 0.6) is 0 Å². The largest absolute Gasteiger partial charge is 0.370 e. The van der Waals surface area contributed by atoms with Gasteiger partial charge in [0.2, 0.25) is 0 Å². The van der Waals surface area contributed by atoms with Crippen molar-refractivity contribution in [2.24, 2.45) is 0 Å². The van der Waals surface area contributed by atoms with Gasteiger partial charge in [-0.2, -0.15) is 0 Å². The molecule has 1 N–H and O–H groups in total. The van der Waals surface area contributed by atoms with Gasteiger partial charge in [-0.25, -0.2) is 4.98 Å². The lowest BCUT2D eigenvalue weighted by atomic mass is 10.0. The quantitative estimate of drug-likeness (QED) is 0.685. The number of benzene rings is 2. The Morgan fingerprint density at radius 1 is 1.07 bits per heavy atom. The number of nitrogens with one attached hydrogen (secondary N) is 1. The number of carbonyl (C=O) groups is 1. The predicted molar refractivity (Wildman–Crippen MR) is 123 cm³/mol. The van der Waals surface area contributed by atoms with Gasteiger partial charge < -0.3 is 9.64 Å². The van der Waals surface area contributed by atoms with Gasteiger partial charge in [0, 0.05) is 5.56 Å². The lowest BCUT2D eigenvalue weighted by molar-refractivity contribution is -0.906. The zero-order valence-electron chi connectivity index (χ0n) is 18.2. The summed E-state index contributed by atoms with van der Waals surface area (Å²) in [6.45, 7) is 13.4. The van der Waals surface area contributed by atoms with Crippen LogP contribution in [0.3, 0.4) is 0 Å². The smallest absolute Gasteiger partial charge is 0.260 e. The van der Waals surface area contributed by atoms with Crippen molar-refractivity contribution in [1.82, 2.24) is 4.98 Å². The molecule has 158 valence electrons. The van der Waals surface area contributed by atoms with E-state index in [2.05, 4.69) is 39.0 Å². The standard InChI is InChI=1S/C24H29N3O2S/c1-16-5-8-20(19(4)15-16)23(28)27(10-9-26-11-13-29-14-12-26)24-25-21-17(2)6-7-18(3)22(21)30-24/h5-8,15H,9-14H2,1-4H3/p+1. The molecule has 1 aromatic heterocycles. The van der Waals surface area contributed by atoms with Crippen molar-refractivity contribution >= 4 is 32.6 Å². The van der Waals surface area contributed by atoms with Crippen LogP contribution in [0.15, 0.2) is 30.3 Å². The molecule has 1 amide bonds. The van der Waals surface area contributed by atoms with E-state index in [0.717, 1.165) is 60.2 Å². The number of quaternary nitrogens is 1. The third kappa shape index (κ3) is 4.26. The highest BCUT2D eigenvalue weighted by Gasteiger charge is 2.25. The Balaban J connectivity index is 1.70. The Kier molecular flexibility index (Phi) is 6.18. The molecular weight excluding hydrogens is 394 g/mol. The summed E-state index contributed by atoms with van der Waals surface area (Å²) < 4.78 is 6.66. The number of morpholine rings is 1.